The maximum atomic E-state index is 12.4. The SMILES string of the molecule is O=C(Nc1ccn(Cc2ccc(Cl)cc2)n1)c1nn2cccnc2c1Cl. The van der Waals surface area contributed by atoms with Crippen LogP contribution in [0.3, 0.4) is 0 Å². The first-order valence-electron chi connectivity index (χ1n) is 7.68. The topological polar surface area (TPSA) is 77.1 Å². The van der Waals surface area contributed by atoms with Gasteiger partial charge in [-0.25, -0.2) is 9.50 Å². The largest absolute Gasteiger partial charge is 0.304 e. The van der Waals surface area contributed by atoms with E-state index in [1.165, 1.54) is 4.52 Å². The minimum Gasteiger partial charge on any atom is -0.304 e. The number of halogens is 2. The molecular weight excluding hydrogens is 375 g/mol. The summed E-state index contributed by atoms with van der Waals surface area (Å²) < 4.78 is 3.17. The van der Waals surface area contributed by atoms with E-state index in [-0.39, 0.29) is 10.7 Å². The Bertz CT molecular complexity index is 1090. The quantitative estimate of drug-likeness (QED) is 0.581. The van der Waals surface area contributed by atoms with Gasteiger partial charge >= 0.3 is 0 Å². The zero-order valence-electron chi connectivity index (χ0n) is 13.3. The molecule has 7 nitrogen and oxygen atoms in total. The number of anilines is 1. The summed E-state index contributed by atoms with van der Waals surface area (Å²) in [7, 11) is 0. The summed E-state index contributed by atoms with van der Waals surface area (Å²) >= 11 is 12.1. The molecule has 0 aliphatic rings. The van der Waals surface area contributed by atoms with Crippen molar-refractivity contribution in [3.63, 3.8) is 0 Å². The molecule has 0 bridgehead atoms. The Hall–Kier alpha value is -2.90. The predicted molar refractivity (Wildman–Crippen MR) is 98.7 cm³/mol. The molecule has 0 fully saturated rings. The molecular formula is C17H12Cl2N6O. The van der Waals surface area contributed by atoms with Gasteiger partial charge in [-0.1, -0.05) is 35.3 Å². The van der Waals surface area contributed by atoms with Gasteiger partial charge in [0, 0.05) is 29.7 Å². The number of carbonyl (C=O) groups is 1. The van der Waals surface area contributed by atoms with Crippen molar-refractivity contribution in [3.8, 4) is 0 Å². The second-order valence-electron chi connectivity index (χ2n) is 5.53. The van der Waals surface area contributed by atoms with Crippen LogP contribution in [0.25, 0.3) is 5.65 Å². The van der Waals surface area contributed by atoms with E-state index in [1.807, 2.05) is 24.3 Å². The highest BCUT2D eigenvalue weighted by atomic mass is 35.5. The number of hydrogen-bond acceptors (Lipinski definition) is 4. The number of carbonyl (C=O) groups excluding carboxylic acids is 1. The zero-order chi connectivity index (χ0) is 18.1. The summed E-state index contributed by atoms with van der Waals surface area (Å²) in [6, 6.07) is 10.9. The summed E-state index contributed by atoms with van der Waals surface area (Å²) in [5.74, 6) is -0.0395. The molecule has 4 aromatic rings. The van der Waals surface area contributed by atoms with E-state index in [0.29, 0.717) is 23.0 Å². The van der Waals surface area contributed by atoms with Gasteiger partial charge in [0.05, 0.1) is 6.54 Å². The zero-order valence-corrected chi connectivity index (χ0v) is 14.8. The molecule has 0 aliphatic heterocycles. The smallest absolute Gasteiger partial charge is 0.279 e. The van der Waals surface area contributed by atoms with E-state index in [9.17, 15) is 4.79 Å². The van der Waals surface area contributed by atoms with Gasteiger partial charge in [0.25, 0.3) is 5.91 Å². The predicted octanol–water partition coefficient (Wildman–Crippen LogP) is 3.53. The summed E-state index contributed by atoms with van der Waals surface area (Å²) in [4.78, 5) is 16.6. The third kappa shape index (κ3) is 3.26. The monoisotopic (exact) mass is 386 g/mol. The first-order valence-corrected chi connectivity index (χ1v) is 8.44. The lowest BCUT2D eigenvalue weighted by atomic mass is 10.2. The number of nitrogens with zero attached hydrogens (tertiary/aromatic N) is 5. The summed E-state index contributed by atoms with van der Waals surface area (Å²) in [5.41, 5.74) is 1.56. The van der Waals surface area contributed by atoms with Crippen molar-refractivity contribution < 1.29 is 4.79 Å². The number of nitrogens with one attached hydrogen (secondary N) is 1. The Morgan fingerprint density at radius 1 is 1.08 bits per heavy atom. The van der Waals surface area contributed by atoms with Crippen molar-refractivity contribution in [1.29, 1.82) is 0 Å². The molecule has 0 saturated heterocycles. The molecule has 3 heterocycles. The average Bonchev–Trinajstić information content (AvgIpc) is 3.22. The van der Waals surface area contributed by atoms with Crippen LogP contribution in [0.15, 0.2) is 55.0 Å². The second-order valence-corrected chi connectivity index (χ2v) is 6.34. The fraction of sp³-hybridized carbons (Fsp3) is 0.0588. The molecule has 0 spiro atoms. The Balaban J connectivity index is 1.50. The Kier molecular flexibility index (Phi) is 4.32. The van der Waals surface area contributed by atoms with Crippen molar-refractivity contribution in [3.05, 3.63) is 76.3 Å². The van der Waals surface area contributed by atoms with Crippen LogP contribution >= 0.6 is 23.2 Å². The van der Waals surface area contributed by atoms with Crippen LogP contribution in [-0.4, -0.2) is 30.3 Å². The molecule has 0 radical (unpaired) electrons. The summed E-state index contributed by atoms with van der Waals surface area (Å²) in [6.07, 6.45) is 5.03. The van der Waals surface area contributed by atoms with Crippen molar-refractivity contribution in [2.45, 2.75) is 6.54 Å². The maximum Gasteiger partial charge on any atom is 0.279 e. The minimum absolute atomic E-state index is 0.0950. The van der Waals surface area contributed by atoms with E-state index < -0.39 is 5.91 Å². The van der Waals surface area contributed by atoms with Crippen LogP contribution in [0.2, 0.25) is 10.0 Å². The van der Waals surface area contributed by atoms with Crippen LogP contribution in [0.1, 0.15) is 16.1 Å². The lowest BCUT2D eigenvalue weighted by Gasteiger charge is -2.02. The summed E-state index contributed by atoms with van der Waals surface area (Å²) in [5, 5.41) is 12.1. The normalized spacial score (nSPS) is 11.0. The van der Waals surface area contributed by atoms with Crippen molar-refractivity contribution in [1.82, 2.24) is 24.4 Å². The van der Waals surface area contributed by atoms with Gasteiger partial charge in [0.1, 0.15) is 5.02 Å². The van der Waals surface area contributed by atoms with E-state index >= 15 is 0 Å². The Labute approximate surface area is 158 Å². The number of fused-ring (bicyclic) bond motifs is 1. The van der Waals surface area contributed by atoms with Crippen molar-refractivity contribution in [2.75, 3.05) is 5.32 Å². The average molecular weight is 387 g/mol. The molecule has 1 N–H and O–H groups in total. The molecule has 130 valence electrons. The number of amides is 1. The number of benzene rings is 1. The second kappa shape index (κ2) is 6.78. The van der Waals surface area contributed by atoms with Crippen LogP contribution in [-0.2, 0) is 6.54 Å². The molecule has 9 heteroatoms. The summed E-state index contributed by atoms with van der Waals surface area (Å²) in [6.45, 7) is 0.562. The highest BCUT2D eigenvalue weighted by Gasteiger charge is 2.19. The maximum absolute atomic E-state index is 12.4. The Morgan fingerprint density at radius 3 is 2.65 bits per heavy atom. The van der Waals surface area contributed by atoms with Gasteiger partial charge in [-0.15, -0.1) is 0 Å². The highest BCUT2D eigenvalue weighted by molar-refractivity contribution is 6.37. The first-order chi connectivity index (χ1) is 12.6. The van der Waals surface area contributed by atoms with E-state index in [2.05, 4.69) is 20.5 Å². The van der Waals surface area contributed by atoms with Gasteiger partial charge in [-0.05, 0) is 23.8 Å². The molecule has 3 aromatic heterocycles. The van der Waals surface area contributed by atoms with Crippen LogP contribution in [0, 0.1) is 0 Å². The van der Waals surface area contributed by atoms with Gasteiger partial charge in [0.15, 0.2) is 17.2 Å². The number of rotatable bonds is 4. The number of hydrogen-bond donors (Lipinski definition) is 1. The van der Waals surface area contributed by atoms with Gasteiger partial charge in [0.2, 0.25) is 0 Å². The molecule has 1 aromatic carbocycles. The van der Waals surface area contributed by atoms with Crippen molar-refractivity contribution in [2.24, 2.45) is 0 Å². The molecule has 1 amide bonds. The lowest BCUT2D eigenvalue weighted by Crippen LogP contribution is -2.14. The fourth-order valence-electron chi connectivity index (χ4n) is 2.47. The van der Waals surface area contributed by atoms with Gasteiger partial charge < -0.3 is 5.32 Å². The van der Waals surface area contributed by atoms with E-state index in [0.717, 1.165) is 5.56 Å². The molecule has 0 unspecified atom stereocenters. The number of aromatic nitrogens is 5. The van der Waals surface area contributed by atoms with Crippen LogP contribution < -0.4 is 5.32 Å². The first kappa shape index (κ1) is 16.6. The standard InChI is InChI=1S/C17H12Cl2N6O/c18-12-4-2-11(3-5-12)10-24-9-6-13(22-24)21-17(26)15-14(19)16-20-7-1-8-25(16)23-15/h1-9H,10H2,(H,21,22,26). The highest BCUT2D eigenvalue weighted by Crippen LogP contribution is 2.20. The molecule has 0 atom stereocenters. The third-order valence-corrected chi connectivity index (χ3v) is 4.29. The van der Waals surface area contributed by atoms with E-state index in [1.54, 1.807) is 35.4 Å². The molecule has 26 heavy (non-hydrogen) atoms. The van der Waals surface area contributed by atoms with E-state index in [4.69, 9.17) is 23.2 Å². The van der Waals surface area contributed by atoms with Gasteiger partial charge in [-0.3, -0.25) is 9.48 Å². The van der Waals surface area contributed by atoms with Crippen molar-refractivity contribution >= 4 is 40.6 Å². The molecule has 0 aliphatic carbocycles. The van der Waals surface area contributed by atoms with Gasteiger partial charge in [-0.2, -0.15) is 10.2 Å². The molecule has 4 rings (SSSR count). The van der Waals surface area contributed by atoms with Crippen LogP contribution in [0.4, 0.5) is 5.82 Å². The Morgan fingerprint density at radius 2 is 1.88 bits per heavy atom. The fourth-order valence-corrected chi connectivity index (χ4v) is 2.86. The van der Waals surface area contributed by atoms with Crippen LogP contribution in [0.5, 0.6) is 0 Å². The lowest BCUT2D eigenvalue weighted by molar-refractivity contribution is 0.102. The minimum atomic E-state index is -0.447. The molecule has 0 saturated carbocycles. The third-order valence-electron chi connectivity index (χ3n) is 3.69.